The van der Waals surface area contributed by atoms with Gasteiger partial charge in [0, 0.05) is 6.54 Å². The fourth-order valence-electron chi connectivity index (χ4n) is 2.91. The van der Waals surface area contributed by atoms with Gasteiger partial charge in [0.25, 0.3) is 0 Å². The number of aryl methyl sites for hydroxylation is 1. The summed E-state index contributed by atoms with van der Waals surface area (Å²) in [4.78, 5) is 26.3. The van der Waals surface area contributed by atoms with Gasteiger partial charge in [0.05, 0.1) is 18.5 Å². The monoisotopic (exact) mass is 345 g/mol. The molecule has 1 aromatic heterocycles. The largest absolute Gasteiger partial charge is 0.467 e. The first-order valence-corrected chi connectivity index (χ1v) is 8.18. The zero-order valence-electron chi connectivity index (χ0n) is 13.9. The van der Waals surface area contributed by atoms with Gasteiger partial charge >= 0.3 is 6.03 Å². The molecule has 1 atom stereocenters. The van der Waals surface area contributed by atoms with E-state index in [1.165, 1.54) is 17.2 Å². The zero-order valence-corrected chi connectivity index (χ0v) is 13.9. The predicted molar refractivity (Wildman–Crippen MR) is 90.4 cm³/mol. The Morgan fingerprint density at radius 2 is 2.20 bits per heavy atom. The number of carbonyl (C=O) groups excluding carboxylic acids is 2. The summed E-state index contributed by atoms with van der Waals surface area (Å²) in [5.41, 5.74) is 0.956. The molecule has 0 saturated carbocycles. The molecular formula is C18H20FN3O3. The van der Waals surface area contributed by atoms with Gasteiger partial charge in [-0.3, -0.25) is 4.79 Å². The van der Waals surface area contributed by atoms with Crippen molar-refractivity contribution in [2.75, 3.05) is 11.9 Å². The van der Waals surface area contributed by atoms with Crippen molar-refractivity contribution in [3.8, 4) is 0 Å². The van der Waals surface area contributed by atoms with Gasteiger partial charge < -0.3 is 20.0 Å². The molecule has 0 unspecified atom stereocenters. The van der Waals surface area contributed by atoms with Crippen LogP contribution in [0.25, 0.3) is 0 Å². The maximum Gasteiger partial charge on any atom is 0.322 e. The van der Waals surface area contributed by atoms with Crippen LogP contribution in [-0.4, -0.2) is 29.4 Å². The number of anilines is 1. The van der Waals surface area contributed by atoms with E-state index < -0.39 is 17.9 Å². The molecule has 2 aromatic rings. The van der Waals surface area contributed by atoms with Crippen LogP contribution in [-0.2, 0) is 11.3 Å². The normalized spacial score (nSPS) is 16.7. The molecular weight excluding hydrogens is 325 g/mol. The second-order valence-electron chi connectivity index (χ2n) is 6.06. The molecule has 1 saturated heterocycles. The molecule has 132 valence electrons. The molecule has 0 aliphatic carbocycles. The molecule has 1 fully saturated rings. The number of carbonyl (C=O) groups is 2. The van der Waals surface area contributed by atoms with Crippen LogP contribution in [0.4, 0.5) is 14.9 Å². The first kappa shape index (κ1) is 17.0. The van der Waals surface area contributed by atoms with E-state index >= 15 is 0 Å². The van der Waals surface area contributed by atoms with E-state index in [0.717, 1.165) is 12.0 Å². The van der Waals surface area contributed by atoms with Crippen LogP contribution in [0.1, 0.15) is 24.2 Å². The standard InChI is InChI=1S/C18H20FN3O3/c1-12-6-7-14(19)15(10-12)21-18(24)22-8-2-5-16(22)17(23)20-11-13-4-3-9-25-13/h3-4,6-7,9-10,16H,2,5,8,11H2,1H3,(H,20,23)(H,21,24)/t16-/m1/s1. The number of urea groups is 1. The Hall–Kier alpha value is -2.83. The third-order valence-corrected chi connectivity index (χ3v) is 4.20. The van der Waals surface area contributed by atoms with Gasteiger partial charge in [-0.05, 0) is 49.6 Å². The van der Waals surface area contributed by atoms with Gasteiger partial charge in [0.2, 0.25) is 5.91 Å². The van der Waals surface area contributed by atoms with Crippen molar-refractivity contribution in [3.63, 3.8) is 0 Å². The molecule has 1 aromatic carbocycles. The molecule has 6 nitrogen and oxygen atoms in total. The van der Waals surface area contributed by atoms with Crippen LogP contribution in [0, 0.1) is 12.7 Å². The highest BCUT2D eigenvalue weighted by atomic mass is 19.1. The summed E-state index contributed by atoms with van der Waals surface area (Å²) < 4.78 is 19.0. The van der Waals surface area contributed by atoms with Gasteiger partial charge in [-0.1, -0.05) is 6.07 Å². The van der Waals surface area contributed by atoms with E-state index in [9.17, 15) is 14.0 Å². The third kappa shape index (κ3) is 3.99. The fraction of sp³-hybridized carbons (Fsp3) is 0.333. The molecule has 3 amide bonds. The van der Waals surface area contributed by atoms with E-state index in [4.69, 9.17) is 4.42 Å². The van der Waals surface area contributed by atoms with Gasteiger partial charge in [0.15, 0.2) is 0 Å². The lowest BCUT2D eigenvalue weighted by atomic mass is 10.2. The van der Waals surface area contributed by atoms with Gasteiger partial charge in [-0.2, -0.15) is 0 Å². The number of likely N-dealkylation sites (tertiary alicyclic amines) is 1. The third-order valence-electron chi connectivity index (χ3n) is 4.20. The minimum atomic E-state index is -0.567. The lowest BCUT2D eigenvalue weighted by Gasteiger charge is -2.24. The average Bonchev–Trinajstić information content (AvgIpc) is 3.27. The van der Waals surface area contributed by atoms with E-state index in [1.54, 1.807) is 24.3 Å². The van der Waals surface area contributed by atoms with Crippen LogP contribution < -0.4 is 10.6 Å². The number of nitrogens with one attached hydrogen (secondary N) is 2. The van der Waals surface area contributed by atoms with Crippen LogP contribution in [0.5, 0.6) is 0 Å². The Morgan fingerprint density at radius 3 is 2.96 bits per heavy atom. The van der Waals surface area contributed by atoms with Crippen LogP contribution >= 0.6 is 0 Å². The summed E-state index contributed by atoms with van der Waals surface area (Å²) in [6.45, 7) is 2.54. The van der Waals surface area contributed by atoms with Gasteiger partial charge in [-0.15, -0.1) is 0 Å². The predicted octanol–water partition coefficient (Wildman–Crippen LogP) is 3.04. The smallest absolute Gasteiger partial charge is 0.322 e. The summed E-state index contributed by atoms with van der Waals surface area (Å²) in [6, 6.07) is 6.97. The summed E-state index contributed by atoms with van der Waals surface area (Å²) in [6.07, 6.45) is 2.84. The molecule has 2 N–H and O–H groups in total. The number of rotatable bonds is 4. The van der Waals surface area contributed by atoms with Crippen LogP contribution in [0.15, 0.2) is 41.0 Å². The highest BCUT2D eigenvalue weighted by Crippen LogP contribution is 2.21. The Balaban J connectivity index is 1.63. The maximum absolute atomic E-state index is 13.8. The zero-order chi connectivity index (χ0) is 17.8. The second-order valence-corrected chi connectivity index (χ2v) is 6.06. The van der Waals surface area contributed by atoms with E-state index in [1.807, 2.05) is 6.92 Å². The molecule has 0 bridgehead atoms. The highest BCUT2D eigenvalue weighted by molar-refractivity contribution is 5.94. The van der Waals surface area contributed by atoms with E-state index in [-0.39, 0.29) is 18.1 Å². The van der Waals surface area contributed by atoms with Crippen molar-refractivity contribution in [1.82, 2.24) is 10.2 Å². The number of benzene rings is 1. The first-order valence-electron chi connectivity index (χ1n) is 8.18. The number of nitrogens with zero attached hydrogens (tertiary/aromatic N) is 1. The summed E-state index contributed by atoms with van der Waals surface area (Å²) >= 11 is 0. The van der Waals surface area contributed by atoms with E-state index in [2.05, 4.69) is 10.6 Å². The number of furan rings is 1. The lowest BCUT2D eigenvalue weighted by Crippen LogP contribution is -2.47. The summed E-state index contributed by atoms with van der Waals surface area (Å²) in [7, 11) is 0. The summed E-state index contributed by atoms with van der Waals surface area (Å²) in [5.74, 6) is -0.102. The highest BCUT2D eigenvalue weighted by Gasteiger charge is 2.34. The second kappa shape index (κ2) is 7.38. The molecule has 0 radical (unpaired) electrons. The Morgan fingerprint density at radius 1 is 1.36 bits per heavy atom. The minimum absolute atomic E-state index is 0.117. The quantitative estimate of drug-likeness (QED) is 0.894. The molecule has 0 spiro atoms. The van der Waals surface area contributed by atoms with Gasteiger partial charge in [0.1, 0.15) is 17.6 Å². The molecule has 1 aliphatic heterocycles. The maximum atomic E-state index is 13.8. The van der Waals surface area contributed by atoms with Crippen molar-refractivity contribution in [1.29, 1.82) is 0 Å². The number of hydrogen-bond donors (Lipinski definition) is 2. The Kier molecular flexibility index (Phi) is 5.02. The van der Waals surface area contributed by atoms with Crippen molar-refractivity contribution < 1.29 is 18.4 Å². The van der Waals surface area contributed by atoms with Crippen LogP contribution in [0.3, 0.4) is 0 Å². The SMILES string of the molecule is Cc1ccc(F)c(NC(=O)N2CCC[C@@H]2C(=O)NCc2ccco2)c1. The number of amides is 3. The number of halogens is 1. The minimum Gasteiger partial charge on any atom is -0.467 e. The Bertz CT molecular complexity index is 761. The van der Waals surface area contributed by atoms with E-state index in [0.29, 0.717) is 18.7 Å². The fourth-order valence-corrected chi connectivity index (χ4v) is 2.91. The van der Waals surface area contributed by atoms with Crippen molar-refractivity contribution >= 4 is 17.6 Å². The summed E-state index contributed by atoms with van der Waals surface area (Å²) in [5, 5.41) is 5.33. The number of hydrogen-bond acceptors (Lipinski definition) is 3. The van der Waals surface area contributed by atoms with Crippen LogP contribution in [0.2, 0.25) is 0 Å². The lowest BCUT2D eigenvalue weighted by molar-refractivity contribution is -0.124. The van der Waals surface area contributed by atoms with Crippen molar-refractivity contribution in [2.45, 2.75) is 32.4 Å². The van der Waals surface area contributed by atoms with Crippen molar-refractivity contribution in [3.05, 3.63) is 53.7 Å². The topological polar surface area (TPSA) is 74.6 Å². The first-order chi connectivity index (χ1) is 12.0. The molecule has 7 heteroatoms. The molecule has 1 aliphatic rings. The molecule has 25 heavy (non-hydrogen) atoms. The molecule has 2 heterocycles. The molecule has 3 rings (SSSR count). The average molecular weight is 345 g/mol. The van der Waals surface area contributed by atoms with Gasteiger partial charge in [-0.25, -0.2) is 9.18 Å². The Labute approximate surface area is 145 Å². The van der Waals surface area contributed by atoms with Crippen molar-refractivity contribution in [2.24, 2.45) is 0 Å².